The topological polar surface area (TPSA) is 47.8 Å². The van der Waals surface area contributed by atoms with Crippen molar-refractivity contribution in [1.29, 1.82) is 0 Å². The zero-order valence-corrected chi connectivity index (χ0v) is 13.3. The summed E-state index contributed by atoms with van der Waals surface area (Å²) in [4.78, 5) is 12.5. The maximum atomic E-state index is 12.5. The molecule has 0 bridgehead atoms. The summed E-state index contributed by atoms with van der Waals surface area (Å²) < 4.78 is 1.82. The van der Waals surface area contributed by atoms with Crippen LogP contribution in [0.3, 0.4) is 0 Å². The fourth-order valence-electron chi connectivity index (χ4n) is 2.24. The van der Waals surface area contributed by atoms with Gasteiger partial charge in [0.25, 0.3) is 0 Å². The lowest BCUT2D eigenvalue weighted by Crippen LogP contribution is -2.10. The number of carbonyl (C=O) groups is 1. The molecule has 0 N–H and O–H groups in total. The number of aromatic nitrogens is 3. The van der Waals surface area contributed by atoms with E-state index in [0.717, 1.165) is 21.8 Å². The number of hydrogen-bond donors (Lipinski definition) is 0. The van der Waals surface area contributed by atoms with Crippen LogP contribution in [0.25, 0.3) is 0 Å². The standard InChI is InChI=1S/C15H19N3OS/c1-9-6-10(2)12(4)14(11(9)3)13(19)7-20-15-17-16-8-18(15)5/h6,8H,7H2,1-5H3. The maximum absolute atomic E-state index is 12.5. The fraction of sp³-hybridized carbons (Fsp3) is 0.400. The molecule has 5 heteroatoms. The minimum absolute atomic E-state index is 0.153. The Labute approximate surface area is 123 Å². The van der Waals surface area contributed by atoms with E-state index in [1.807, 2.05) is 39.3 Å². The third-order valence-electron chi connectivity index (χ3n) is 3.65. The lowest BCUT2D eigenvalue weighted by molar-refractivity contribution is 0.102. The van der Waals surface area contributed by atoms with Crippen molar-refractivity contribution in [2.75, 3.05) is 5.75 Å². The van der Waals surface area contributed by atoms with Crippen LogP contribution in [0.5, 0.6) is 0 Å². The first-order valence-corrected chi connectivity index (χ1v) is 7.47. The Kier molecular flexibility index (Phi) is 4.28. The smallest absolute Gasteiger partial charge is 0.191 e. The number of nitrogens with zero attached hydrogens (tertiary/aromatic N) is 3. The summed E-state index contributed by atoms with van der Waals surface area (Å²) >= 11 is 1.43. The number of ketones is 1. The van der Waals surface area contributed by atoms with Crippen molar-refractivity contribution in [3.8, 4) is 0 Å². The summed E-state index contributed by atoms with van der Waals surface area (Å²) in [7, 11) is 1.88. The SMILES string of the molecule is Cc1cc(C)c(C)c(C(=O)CSc2nncn2C)c1C. The van der Waals surface area contributed by atoms with E-state index >= 15 is 0 Å². The van der Waals surface area contributed by atoms with Crippen LogP contribution >= 0.6 is 11.8 Å². The molecule has 0 fully saturated rings. The van der Waals surface area contributed by atoms with Crippen LogP contribution in [0.15, 0.2) is 17.6 Å². The quantitative estimate of drug-likeness (QED) is 0.641. The molecule has 20 heavy (non-hydrogen) atoms. The molecule has 2 aromatic rings. The number of carbonyl (C=O) groups excluding carboxylic acids is 1. The monoisotopic (exact) mass is 289 g/mol. The molecule has 106 valence electrons. The maximum Gasteiger partial charge on any atom is 0.191 e. The predicted molar refractivity (Wildman–Crippen MR) is 81.4 cm³/mol. The molecule has 0 aliphatic heterocycles. The van der Waals surface area contributed by atoms with Gasteiger partial charge in [-0.15, -0.1) is 10.2 Å². The zero-order chi connectivity index (χ0) is 14.9. The number of aryl methyl sites for hydroxylation is 3. The highest BCUT2D eigenvalue weighted by Crippen LogP contribution is 2.24. The van der Waals surface area contributed by atoms with E-state index in [-0.39, 0.29) is 5.78 Å². The molecule has 0 aliphatic rings. The zero-order valence-electron chi connectivity index (χ0n) is 12.5. The number of hydrogen-bond acceptors (Lipinski definition) is 4. The van der Waals surface area contributed by atoms with Crippen LogP contribution in [0.1, 0.15) is 32.6 Å². The van der Waals surface area contributed by atoms with Gasteiger partial charge in [0.15, 0.2) is 10.9 Å². The summed E-state index contributed by atoms with van der Waals surface area (Å²) in [5.74, 6) is 0.539. The normalized spacial score (nSPS) is 10.8. The van der Waals surface area contributed by atoms with Gasteiger partial charge in [0.05, 0.1) is 5.75 Å². The van der Waals surface area contributed by atoms with Crippen LogP contribution in [0, 0.1) is 27.7 Å². The minimum Gasteiger partial charge on any atom is -0.312 e. The Hall–Kier alpha value is -1.62. The van der Waals surface area contributed by atoms with E-state index in [1.165, 1.54) is 22.9 Å². The Balaban J connectivity index is 2.24. The molecule has 0 radical (unpaired) electrons. The van der Waals surface area contributed by atoms with Gasteiger partial charge in [-0.3, -0.25) is 4.79 Å². The van der Waals surface area contributed by atoms with E-state index in [0.29, 0.717) is 5.75 Å². The molecular formula is C15H19N3OS. The van der Waals surface area contributed by atoms with Gasteiger partial charge in [-0.2, -0.15) is 0 Å². The fourth-order valence-corrected chi connectivity index (χ4v) is 3.00. The van der Waals surface area contributed by atoms with Crippen LogP contribution in [-0.2, 0) is 7.05 Å². The second kappa shape index (κ2) is 5.79. The molecule has 1 aromatic carbocycles. The summed E-state index contributed by atoms with van der Waals surface area (Å²) in [6, 6.07) is 2.14. The van der Waals surface area contributed by atoms with Gasteiger partial charge in [0.1, 0.15) is 6.33 Å². The Morgan fingerprint density at radius 3 is 2.30 bits per heavy atom. The Bertz CT molecular complexity index is 635. The number of Topliss-reactive ketones (excluding diaryl/α,β-unsaturated/α-hetero) is 1. The van der Waals surface area contributed by atoms with Gasteiger partial charge in [-0.1, -0.05) is 17.8 Å². The number of thioether (sulfide) groups is 1. The van der Waals surface area contributed by atoms with Gasteiger partial charge in [-0.25, -0.2) is 0 Å². The van der Waals surface area contributed by atoms with Crippen molar-refractivity contribution < 1.29 is 4.79 Å². The van der Waals surface area contributed by atoms with Gasteiger partial charge >= 0.3 is 0 Å². The van der Waals surface area contributed by atoms with E-state index in [1.54, 1.807) is 6.33 Å². The molecule has 0 amide bonds. The summed E-state index contributed by atoms with van der Waals surface area (Å²) in [5, 5.41) is 8.56. The lowest BCUT2D eigenvalue weighted by Gasteiger charge is -2.14. The molecule has 4 nitrogen and oxygen atoms in total. The van der Waals surface area contributed by atoms with Crippen LogP contribution < -0.4 is 0 Å². The number of rotatable bonds is 4. The summed E-state index contributed by atoms with van der Waals surface area (Å²) in [6.07, 6.45) is 1.64. The highest BCUT2D eigenvalue weighted by molar-refractivity contribution is 7.99. The molecular weight excluding hydrogens is 270 g/mol. The van der Waals surface area contributed by atoms with Crippen molar-refractivity contribution in [1.82, 2.24) is 14.8 Å². The van der Waals surface area contributed by atoms with E-state index in [2.05, 4.69) is 16.3 Å². The molecule has 0 atom stereocenters. The minimum atomic E-state index is 0.153. The van der Waals surface area contributed by atoms with Crippen molar-refractivity contribution in [3.05, 3.63) is 40.2 Å². The number of benzene rings is 1. The van der Waals surface area contributed by atoms with E-state index < -0.39 is 0 Å². The van der Waals surface area contributed by atoms with Crippen molar-refractivity contribution in [3.63, 3.8) is 0 Å². The molecule has 1 heterocycles. The molecule has 2 rings (SSSR count). The molecule has 1 aromatic heterocycles. The summed E-state index contributed by atoms with van der Waals surface area (Å²) in [6.45, 7) is 8.13. The second-order valence-electron chi connectivity index (χ2n) is 5.07. The van der Waals surface area contributed by atoms with Crippen LogP contribution in [0.4, 0.5) is 0 Å². The van der Waals surface area contributed by atoms with E-state index in [9.17, 15) is 4.79 Å². The highest BCUT2D eigenvalue weighted by Gasteiger charge is 2.16. The van der Waals surface area contributed by atoms with Crippen molar-refractivity contribution in [2.45, 2.75) is 32.9 Å². The third-order valence-corrected chi connectivity index (χ3v) is 4.68. The summed E-state index contributed by atoms with van der Waals surface area (Å²) in [5.41, 5.74) is 5.35. The molecule has 0 saturated heterocycles. The average molecular weight is 289 g/mol. The lowest BCUT2D eigenvalue weighted by atomic mass is 9.92. The van der Waals surface area contributed by atoms with Crippen molar-refractivity contribution >= 4 is 17.5 Å². The Morgan fingerprint density at radius 1 is 1.20 bits per heavy atom. The molecule has 0 spiro atoms. The predicted octanol–water partition coefficient (Wildman–Crippen LogP) is 3.02. The second-order valence-corrected chi connectivity index (χ2v) is 6.01. The highest BCUT2D eigenvalue weighted by atomic mass is 32.2. The first kappa shape index (κ1) is 14.8. The van der Waals surface area contributed by atoms with Crippen molar-refractivity contribution in [2.24, 2.45) is 7.05 Å². The van der Waals surface area contributed by atoms with Gasteiger partial charge in [0, 0.05) is 12.6 Å². The van der Waals surface area contributed by atoms with E-state index in [4.69, 9.17) is 0 Å². The first-order chi connectivity index (χ1) is 9.41. The Morgan fingerprint density at radius 2 is 1.80 bits per heavy atom. The van der Waals surface area contributed by atoms with Gasteiger partial charge < -0.3 is 4.57 Å². The largest absolute Gasteiger partial charge is 0.312 e. The third kappa shape index (κ3) is 2.77. The van der Waals surface area contributed by atoms with Gasteiger partial charge in [-0.05, 0) is 49.9 Å². The molecule has 0 aliphatic carbocycles. The molecule has 0 unspecified atom stereocenters. The van der Waals surface area contributed by atoms with Crippen LogP contribution in [0.2, 0.25) is 0 Å². The van der Waals surface area contributed by atoms with Gasteiger partial charge in [0.2, 0.25) is 0 Å². The van der Waals surface area contributed by atoms with Crippen LogP contribution in [-0.4, -0.2) is 26.3 Å². The molecule has 0 saturated carbocycles. The first-order valence-electron chi connectivity index (χ1n) is 6.49. The average Bonchev–Trinajstić information content (AvgIpc) is 2.80.